The molecule has 1 heterocycles. The Morgan fingerprint density at radius 1 is 1.15 bits per heavy atom. The summed E-state index contributed by atoms with van der Waals surface area (Å²) >= 11 is 0. The van der Waals surface area contributed by atoms with Gasteiger partial charge in [-0.3, -0.25) is 14.9 Å². The van der Waals surface area contributed by atoms with E-state index in [9.17, 15) is 19.7 Å². The fourth-order valence-corrected chi connectivity index (χ4v) is 4.33. The van der Waals surface area contributed by atoms with Gasteiger partial charge in [-0.15, -0.1) is 0 Å². The third-order valence-electron chi connectivity index (χ3n) is 6.37. The van der Waals surface area contributed by atoms with Crippen molar-refractivity contribution < 1.29 is 23.9 Å². The van der Waals surface area contributed by atoms with Crippen molar-refractivity contribution in [2.24, 2.45) is 5.10 Å². The van der Waals surface area contributed by atoms with E-state index >= 15 is 0 Å². The Labute approximate surface area is 236 Å². The fourth-order valence-electron chi connectivity index (χ4n) is 4.33. The summed E-state index contributed by atoms with van der Waals surface area (Å²) in [5.41, 5.74) is 2.33. The van der Waals surface area contributed by atoms with E-state index in [1.807, 2.05) is 39.8 Å². The first-order valence-corrected chi connectivity index (χ1v) is 13.0. The molecule has 1 aromatic heterocycles. The number of aryl methyl sites for hydroxylation is 1. The molecule has 0 saturated carbocycles. The lowest BCUT2D eigenvalue weighted by Crippen LogP contribution is -2.21. The van der Waals surface area contributed by atoms with Gasteiger partial charge in [-0.2, -0.15) is 9.78 Å². The molecule has 0 aliphatic heterocycles. The molecule has 11 nitrogen and oxygen atoms in total. The highest BCUT2D eigenvalue weighted by molar-refractivity contribution is 5.87. The van der Waals surface area contributed by atoms with Gasteiger partial charge in [0.05, 0.1) is 35.8 Å². The predicted octanol–water partition coefficient (Wildman–Crippen LogP) is 5.24. The number of ether oxygens (including phenoxy) is 3. The van der Waals surface area contributed by atoms with Crippen molar-refractivity contribution >= 4 is 28.8 Å². The van der Waals surface area contributed by atoms with Crippen LogP contribution in [0.2, 0.25) is 0 Å². The molecule has 0 amide bonds. The standard InChI is InChI=1S/C30H30N4O7/c1-6-40-26-14-19(4)23(15-22(26)18(2)3)29-32-24-12-8-7-11-21(24)30(36)33(29)31-16-20-10-9-13-25(34(37)38)28(20)41-17-27(35)39-5/h7-16,18H,6,17H2,1-5H3. The van der Waals surface area contributed by atoms with E-state index in [0.717, 1.165) is 21.6 Å². The predicted molar refractivity (Wildman–Crippen MR) is 155 cm³/mol. The second-order valence-electron chi connectivity index (χ2n) is 9.42. The van der Waals surface area contributed by atoms with Crippen molar-refractivity contribution in [2.45, 2.75) is 33.6 Å². The van der Waals surface area contributed by atoms with Gasteiger partial charge in [-0.05, 0) is 61.2 Å². The number of esters is 1. The third kappa shape index (κ3) is 6.08. The first kappa shape index (κ1) is 28.9. The summed E-state index contributed by atoms with van der Waals surface area (Å²) < 4.78 is 17.1. The topological polar surface area (TPSA) is 135 Å². The van der Waals surface area contributed by atoms with Crippen LogP contribution in [0.3, 0.4) is 0 Å². The highest BCUT2D eigenvalue weighted by Gasteiger charge is 2.21. The summed E-state index contributed by atoms with van der Waals surface area (Å²) in [4.78, 5) is 41.3. The van der Waals surface area contributed by atoms with E-state index in [2.05, 4.69) is 9.84 Å². The van der Waals surface area contributed by atoms with Gasteiger partial charge >= 0.3 is 11.7 Å². The number of rotatable bonds is 10. The minimum atomic E-state index is -0.713. The fraction of sp³-hybridized carbons (Fsp3) is 0.267. The molecule has 4 rings (SSSR count). The molecular formula is C30H30N4O7. The molecule has 0 spiro atoms. The smallest absolute Gasteiger partial charge is 0.343 e. The molecule has 0 radical (unpaired) electrons. The van der Waals surface area contributed by atoms with Crippen molar-refractivity contribution in [2.75, 3.05) is 20.3 Å². The number of methoxy groups -OCH3 is 1. The monoisotopic (exact) mass is 558 g/mol. The second-order valence-corrected chi connectivity index (χ2v) is 9.42. The molecule has 0 atom stereocenters. The highest BCUT2D eigenvalue weighted by Crippen LogP contribution is 2.35. The van der Waals surface area contributed by atoms with Crippen LogP contribution in [0.4, 0.5) is 5.69 Å². The number of hydrogen-bond acceptors (Lipinski definition) is 9. The molecule has 212 valence electrons. The Hall–Kier alpha value is -5.06. The van der Waals surface area contributed by atoms with Crippen LogP contribution in [0.15, 0.2) is 64.5 Å². The summed E-state index contributed by atoms with van der Waals surface area (Å²) in [6.07, 6.45) is 1.27. The average molecular weight is 559 g/mol. The Kier molecular flexibility index (Phi) is 8.76. The number of nitro benzene ring substituents is 1. The average Bonchev–Trinajstić information content (AvgIpc) is 2.95. The quantitative estimate of drug-likeness (QED) is 0.112. The number of nitrogens with zero attached hydrogens (tertiary/aromatic N) is 4. The van der Waals surface area contributed by atoms with E-state index < -0.39 is 23.1 Å². The van der Waals surface area contributed by atoms with Crippen LogP contribution in [0.5, 0.6) is 11.5 Å². The zero-order valence-corrected chi connectivity index (χ0v) is 23.4. The van der Waals surface area contributed by atoms with Gasteiger partial charge in [0.25, 0.3) is 5.56 Å². The lowest BCUT2D eigenvalue weighted by molar-refractivity contribution is -0.385. The Bertz CT molecular complexity index is 1710. The van der Waals surface area contributed by atoms with Crippen LogP contribution in [0, 0.1) is 17.0 Å². The van der Waals surface area contributed by atoms with Crippen LogP contribution in [-0.2, 0) is 9.53 Å². The zero-order chi connectivity index (χ0) is 29.7. The molecule has 3 aromatic carbocycles. The number of para-hydroxylation sites is 2. The number of aromatic nitrogens is 2. The molecule has 0 bridgehead atoms. The Balaban J connectivity index is 1.95. The lowest BCUT2D eigenvalue weighted by atomic mass is 9.96. The van der Waals surface area contributed by atoms with Crippen LogP contribution < -0.4 is 15.0 Å². The largest absolute Gasteiger partial charge is 0.494 e. The number of nitro groups is 1. The van der Waals surface area contributed by atoms with Gasteiger partial charge in [0.15, 0.2) is 12.4 Å². The molecule has 0 aliphatic carbocycles. The number of benzene rings is 3. The van der Waals surface area contributed by atoms with E-state index in [-0.39, 0.29) is 28.7 Å². The maximum absolute atomic E-state index is 13.7. The summed E-state index contributed by atoms with van der Waals surface area (Å²) in [6, 6.07) is 15.0. The lowest BCUT2D eigenvalue weighted by Gasteiger charge is -2.18. The first-order chi connectivity index (χ1) is 19.7. The van der Waals surface area contributed by atoms with Crippen LogP contribution in [0.25, 0.3) is 22.3 Å². The van der Waals surface area contributed by atoms with Crippen molar-refractivity contribution in [3.05, 3.63) is 91.8 Å². The van der Waals surface area contributed by atoms with E-state index in [1.165, 1.54) is 31.5 Å². The van der Waals surface area contributed by atoms with Crippen molar-refractivity contribution in [3.63, 3.8) is 0 Å². The third-order valence-corrected chi connectivity index (χ3v) is 6.37. The van der Waals surface area contributed by atoms with E-state index in [4.69, 9.17) is 14.5 Å². The second kappa shape index (κ2) is 12.4. The summed E-state index contributed by atoms with van der Waals surface area (Å²) in [5.74, 6) is 0.268. The van der Waals surface area contributed by atoms with Gasteiger partial charge in [0.2, 0.25) is 5.75 Å². The normalized spacial score (nSPS) is 11.3. The minimum absolute atomic E-state index is 0.124. The SMILES string of the molecule is CCOc1cc(C)c(-c2nc3ccccc3c(=O)n2N=Cc2cccc([N+](=O)[O-])c2OCC(=O)OC)cc1C(C)C. The van der Waals surface area contributed by atoms with Crippen LogP contribution in [0.1, 0.15) is 43.4 Å². The van der Waals surface area contributed by atoms with Gasteiger partial charge in [0.1, 0.15) is 5.75 Å². The number of fused-ring (bicyclic) bond motifs is 1. The number of carbonyl (C=O) groups is 1. The Morgan fingerprint density at radius 2 is 1.90 bits per heavy atom. The Morgan fingerprint density at radius 3 is 2.59 bits per heavy atom. The zero-order valence-electron chi connectivity index (χ0n) is 23.4. The van der Waals surface area contributed by atoms with Gasteiger partial charge < -0.3 is 14.2 Å². The summed E-state index contributed by atoms with van der Waals surface area (Å²) in [6.45, 7) is 7.88. The molecule has 0 N–H and O–H groups in total. The number of carbonyl (C=O) groups excluding carboxylic acids is 1. The molecule has 4 aromatic rings. The molecule has 0 aliphatic rings. The molecule has 0 unspecified atom stereocenters. The van der Waals surface area contributed by atoms with Crippen molar-refractivity contribution in [3.8, 4) is 22.9 Å². The number of hydrogen-bond donors (Lipinski definition) is 0. The first-order valence-electron chi connectivity index (χ1n) is 13.0. The molecule has 41 heavy (non-hydrogen) atoms. The van der Waals surface area contributed by atoms with E-state index in [1.54, 1.807) is 24.3 Å². The van der Waals surface area contributed by atoms with E-state index in [0.29, 0.717) is 23.1 Å². The molecule has 0 fully saturated rings. The molecular weight excluding hydrogens is 528 g/mol. The summed E-state index contributed by atoms with van der Waals surface area (Å²) in [7, 11) is 1.18. The van der Waals surface area contributed by atoms with Gasteiger partial charge in [-0.25, -0.2) is 9.78 Å². The minimum Gasteiger partial charge on any atom is -0.494 e. The van der Waals surface area contributed by atoms with Crippen molar-refractivity contribution in [1.29, 1.82) is 0 Å². The van der Waals surface area contributed by atoms with Gasteiger partial charge in [-0.1, -0.05) is 32.0 Å². The molecule has 11 heteroatoms. The maximum Gasteiger partial charge on any atom is 0.343 e. The van der Waals surface area contributed by atoms with Crippen LogP contribution in [-0.4, -0.2) is 47.1 Å². The van der Waals surface area contributed by atoms with Crippen molar-refractivity contribution in [1.82, 2.24) is 9.66 Å². The van der Waals surface area contributed by atoms with Gasteiger partial charge in [0, 0.05) is 17.2 Å². The molecule has 0 saturated heterocycles. The van der Waals surface area contributed by atoms with Crippen LogP contribution >= 0.6 is 0 Å². The highest BCUT2D eigenvalue weighted by atomic mass is 16.6. The summed E-state index contributed by atoms with van der Waals surface area (Å²) in [5, 5.41) is 16.5. The maximum atomic E-state index is 13.7.